The average molecular weight is 668 g/mol. The van der Waals surface area contributed by atoms with Gasteiger partial charge < -0.3 is 9.47 Å². The summed E-state index contributed by atoms with van der Waals surface area (Å²) in [6.45, 7) is 0. The molecule has 7 aromatic carbocycles. The number of hydrogen-bond acceptors (Lipinski definition) is 3. The zero-order valence-corrected chi connectivity index (χ0v) is 28.3. The first kappa shape index (κ1) is 28.4. The highest BCUT2D eigenvalue weighted by atomic mass is 32.1. The van der Waals surface area contributed by atoms with E-state index < -0.39 is 0 Å². The second kappa shape index (κ2) is 11.0. The molecule has 0 saturated carbocycles. The van der Waals surface area contributed by atoms with E-state index in [9.17, 15) is 0 Å². The minimum atomic E-state index is 1.02. The first-order chi connectivity index (χ1) is 25.3. The van der Waals surface area contributed by atoms with Crippen molar-refractivity contribution in [1.29, 1.82) is 0 Å². The van der Waals surface area contributed by atoms with E-state index in [1.165, 1.54) is 59.9 Å². The molecule has 10 aromatic rings. The molecule has 0 bridgehead atoms. The van der Waals surface area contributed by atoms with Crippen molar-refractivity contribution in [1.82, 2.24) is 9.55 Å². The lowest BCUT2D eigenvalue weighted by molar-refractivity contribution is 1.13. The SMILES string of the molecule is c1ccc(-n2c3c(c4ccccc42)-c2ccccc2N(c2cccc(-c4c5ccccc5nc5sc6ccccc6c45)c2)c2ccccc2-3)cc1. The van der Waals surface area contributed by atoms with Crippen LogP contribution < -0.4 is 4.90 Å². The molecule has 11 rings (SSSR count). The molecule has 0 saturated heterocycles. The van der Waals surface area contributed by atoms with Gasteiger partial charge in [-0.05, 0) is 60.2 Å². The zero-order chi connectivity index (χ0) is 33.5. The standard InChI is InChI=1S/C47H29N3S/c1-2-16-31(17-3-1)50-40-26-11-6-21-35(40)44-34-20-5-10-25-39(34)49(41-27-12-7-22-36(41)46(44)50)32-18-14-15-30(29-32)43-33-19-4-9-24-38(33)48-47-45(43)37-23-8-13-28-42(37)51-47/h1-29H. The summed E-state index contributed by atoms with van der Waals surface area (Å²) >= 11 is 1.77. The largest absolute Gasteiger partial charge is 0.309 e. The lowest BCUT2D eigenvalue weighted by atomic mass is 9.95. The van der Waals surface area contributed by atoms with E-state index in [1.807, 2.05) is 0 Å². The van der Waals surface area contributed by atoms with Gasteiger partial charge in [-0.3, -0.25) is 0 Å². The molecule has 3 nitrogen and oxygen atoms in total. The molecule has 0 radical (unpaired) electrons. The summed E-state index contributed by atoms with van der Waals surface area (Å²) in [6.07, 6.45) is 0. The number of nitrogens with zero attached hydrogens (tertiary/aromatic N) is 3. The fourth-order valence-electron chi connectivity index (χ4n) is 8.25. The molecule has 0 spiro atoms. The minimum Gasteiger partial charge on any atom is -0.309 e. The molecule has 0 atom stereocenters. The van der Waals surface area contributed by atoms with Crippen molar-refractivity contribution < 1.29 is 0 Å². The predicted octanol–water partition coefficient (Wildman–Crippen LogP) is 13.3. The van der Waals surface area contributed by atoms with E-state index in [2.05, 4.69) is 185 Å². The first-order valence-corrected chi connectivity index (χ1v) is 18.1. The topological polar surface area (TPSA) is 21.1 Å². The molecule has 4 heterocycles. The van der Waals surface area contributed by atoms with Crippen LogP contribution in [0.1, 0.15) is 0 Å². The fourth-order valence-corrected chi connectivity index (χ4v) is 9.34. The van der Waals surface area contributed by atoms with Crippen LogP contribution in [0.15, 0.2) is 176 Å². The summed E-state index contributed by atoms with van der Waals surface area (Å²) in [4.78, 5) is 8.70. The second-order valence-electron chi connectivity index (χ2n) is 13.1. The van der Waals surface area contributed by atoms with Crippen molar-refractivity contribution in [2.75, 3.05) is 4.90 Å². The van der Waals surface area contributed by atoms with Crippen molar-refractivity contribution in [2.45, 2.75) is 0 Å². The monoisotopic (exact) mass is 667 g/mol. The molecule has 238 valence electrons. The number of rotatable bonds is 3. The maximum absolute atomic E-state index is 5.17. The van der Waals surface area contributed by atoms with Crippen LogP contribution in [0.25, 0.3) is 81.3 Å². The first-order valence-electron chi connectivity index (χ1n) is 17.3. The van der Waals surface area contributed by atoms with Crippen molar-refractivity contribution in [3.63, 3.8) is 0 Å². The summed E-state index contributed by atoms with van der Waals surface area (Å²) in [6, 6.07) is 63.7. The van der Waals surface area contributed by atoms with Gasteiger partial charge in [0.1, 0.15) is 4.83 Å². The van der Waals surface area contributed by atoms with Gasteiger partial charge in [0.15, 0.2) is 0 Å². The van der Waals surface area contributed by atoms with E-state index in [1.54, 1.807) is 11.3 Å². The summed E-state index contributed by atoms with van der Waals surface area (Å²) in [5, 5.41) is 4.88. The Hall–Kier alpha value is -6.49. The van der Waals surface area contributed by atoms with Gasteiger partial charge >= 0.3 is 0 Å². The van der Waals surface area contributed by atoms with Crippen LogP contribution in [-0.2, 0) is 0 Å². The van der Waals surface area contributed by atoms with Gasteiger partial charge in [-0.2, -0.15) is 0 Å². The molecule has 0 amide bonds. The Morgan fingerprint density at radius 2 is 1.12 bits per heavy atom. The Bertz CT molecular complexity index is 2990. The molecule has 0 unspecified atom stereocenters. The number of benzene rings is 7. The van der Waals surface area contributed by atoms with Gasteiger partial charge in [-0.25, -0.2) is 4.98 Å². The van der Waals surface area contributed by atoms with Gasteiger partial charge in [-0.1, -0.05) is 121 Å². The smallest absolute Gasteiger partial charge is 0.125 e. The molecule has 3 aromatic heterocycles. The quantitative estimate of drug-likeness (QED) is 0.187. The summed E-state index contributed by atoms with van der Waals surface area (Å²) in [5.41, 5.74) is 14.0. The molecule has 0 N–H and O–H groups in total. The van der Waals surface area contributed by atoms with E-state index >= 15 is 0 Å². The highest BCUT2D eigenvalue weighted by Crippen LogP contribution is 2.55. The van der Waals surface area contributed by atoms with Crippen LogP contribution in [-0.4, -0.2) is 9.55 Å². The molecular weight excluding hydrogens is 639 g/mol. The molecule has 1 aliphatic heterocycles. The lowest BCUT2D eigenvalue weighted by Crippen LogP contribution is -2.11. The highest BCUT2D eigenvalue weighted by Gasteiger charge is 2.31. The lowest BCUT2D eigenvalue weighted by Gasteiger charge is -2.28. The summed E-state index contributed by atoms with van der Waals surface area (Å²) < 4.78 is 3.70. The van der Waals surface area contributed by atoms with Crippen LogP contribution in [0.3, 0.4) is 0 Å². The molecule has 1 aliphatic rings. The third-order valence-electron chi connectivity index (χ3n) is 10.3. The fraction of sp³-hybridized carbons (Fsp3) is 0. The van der Waals surface area contributed by atoms with Crippen LogP contribution in [0, 0.1) is 0 Å². The number of aromatic nitrogens is 2. The van der Waals surface area contributed by atoms with Gasteiger partial charge in [0.05, 0.1) is 28.1 Å². The van der Waals surface area contributed by atoms with Crippen molar-refractivity contribution in [2.24, 2.45) is 0 Å². The second-order valence-corrected chi connectivity index (χ2v) is 14.1. The Kier molecular flexibility index (Phi) is 6.12. The minimum absolute atomic E-state index is 1.02. The van der Waals surface area contributed by atoms with Gasteiger partial charge in [-0.15, -0.1) is 11.3 Å². The van der Waals surface area contributed by atoms with Crippen LogP contribution >= 0.6 is 11.3 Å². The number of hydrogen-bond donors (Lipinski definition) is 0. The van der Waals surface area contributed by atoms with E-state index in [0.717, 1.165) is 38.5 Å². The Balaban J connectivity index is 1.22. The van der Waals surface area contributed by atoms with Gasteiger partial charge in [0.2, 0.25) is 0 Å². The number of thiophene rings is 1. The third-order valence-corrected chi connectivity index (χ3v) is 11.4. The normalized spacial score (nSPS) is 12.3. The third kappa shape index (κ3) is 4.14. The van der Waals surface area contributed by atoms with Crippen LogP contribution in [0.5, 0.6) is 0 Å². The van der Waals surface area contributed by atoms with Gasteiger partial charge in [0.25, 0.3) is 0 Å². The number of para-hydroxylation sites is 5. The molecule has 4 heteroatoms. The average Bonchev–Trinajstić information content (AvgIpc) is 3.70. The van der Waals surface area contributed by atoms with Crippen LogP contribution in [0.4, 0.5) is 17.1 Å². The Morgan fingerprint density at radius 1 is 0.471 bits per heavy atom. The van der Waals surface area contributed by atoms with Crippen molar-refractivity contribution in [3.8, 4) is 39.2 Å². The summed E-state index contributed by atoms with van der Waals surface area (Å²) in [5.74, 6) is 0. The number of fused-ring (bicyclic) bond motifs is 11. The van der Waals surface area contributed by atoms with E-state index in [4.69, 9.17) is 4.98 Å². The predicted molar refractivity (Wildman–Crippen MR) is 216 cm³/mol. The molecular formula is C47H29N3S. The molecule has 0 aliphatic carbocycles. The zero-order valence-electron chi connectivity index (χ0n) is 27.5. The maximum Gasteiger partial charge on any atom is 0.125 e. The number of anilines is 3. The molecule has 0 fully saturated rings. The highest BCUT2D eigenvalue weighted by molar-refractivity contribution is 7.25. The van der Waals surface area contributed by atoms with Gasteiger partial charge in [0, 0.05) is 59.9 Å². The Labute approximate surface area is 298 Å². The molecule has 51 heavy (non-hydrogen) atoms. The van der Waals surface area contributed by atoms with Crippen molar-refractivity contribution in [3.05, 3.63) is 176 Å². The number of pyridine rings is 1. The Morgan fingerprint density at radius 3 is 1.98 bits per heavy atom. The summed E-state index contributed by atoms with van der Waals surface area (Å²) in [7, 11) is 0. The van der Waals surface area contributed by atoms with E-state index in [-0.39, 0.29) is 0 Å². The van der Waals surface area contributed by atoms with Crippen LogP contribution in [0.2, 0.25) is 0 Å². The van der Waals surface area contributed by atoms with E-state index in [0.29, 0.717) is 0 Å². The van der Waals surface area contributed by atoms with Crippen molar-refractivity contribution >= 4 is 70.5 Å². The maximum atomic E-state index is 5.17.